The van der Waals surface area contributed by atoms with Gasteiger partial charge >= 0.3 is 6.09 Å². The average Bonchev–Trinajstić information content (AvgIpc) is 2.47. The third-order valence-electron chi connectivity index (χ3n) is 4.44. The van der Waals surface area contributed by atoms with E-state index in [2.05, 4.69) is 18.7 Å². The van der Waals surface area contributed by atoms with Crippen LogP contribution in [0.2, 0.25) is 0 Å². The summed E-state index contributed by atoms with van der Waals surface area (Å²) in [4.78, 5) is 15.1. The summed E-state index contributed by atoms with van der Waals surface area (Å²) in [6, 6.07) is 7.83. The van der Waals surface area contributed by atoms with Gasteiger partial charge in [-0.15, -0.1) is 0 Å². The predicted molar refractivity (Wildman–Crippen MR) is 81.1 cm³/mol. The molecule has 0 atom stereocenters. The van der Waals surface area contributed by atoms with Crippen LogP contribution in [0.5, 0.6) is 0 Å². The van der Waals surface area contributed by atoms with E-state index in [0.717, 1.165) is 30.8 Å². The van der Waals surface area contributed by atoms with Crippen LogP contribution in [0.15, 0.2) is 24.3 Å². The number of nitrogen functional groups attached to an aromatic ring is 1. The second-order valence-corrected chi connectivity index (χ2v) is 5.38. The zero-order chi connectivity index (χ0) is 14.8. The van der Waals surface area contributed by atoms with Gasteiger partial charge in [0.25, 0.3) is 0 Å². The number of benzene rings is 1. The van der Waals surface area contributed by atoms with Crippen molar-refractivity contribution in [2.45, 2.75) is 32.2 Å². The van der Waals surface area contributed by atoms with Crippen molar-refractivity contribution >= 4 is 17.5 Å². The first-order valence-electron chi connectivity index (χ1n) is 7.13. The van der Waals surface area contributed by atoms with Crippen LogP contribution in [0.4, 0.5) is 16.2 Å². The minimum atomic E-state index is -0.826. The topological polar surface area (TPSA) is 69.8 Å². The fourth-order valence-corrected chi connectivity index (χ4v) is 3.05. The quantitative estimate of drug-likeness (QED) is 0.833. The second-order valence-electron chi connectivity index (χ2n) is 5.38. The number of hydrogen-bond donors (Lipinski definition) is 2. The number of rotatable bonds is 3. The van der Waals surface area contributed by atoms with Crippen LogP contribution in [-0.4, -0.2) is 41.3 Å². The van der Waals surface area contributed by atoms with Crippen molar-refractivity contribution in [2.24, 2.45) is 0 Å². The molecule has 110 valence electrons. The molecular weight excluding hydrogens is 254 g/mol. The standard InChI is InChI=1S/C15H23N3O2/c1-3-15(4-2)11-17(14(19)20)9-10-18(15)13-7-5-12(16)6-8-13/h5-8H,3-4,9-11,16H2,1-2H3,(H,19,20). The molecule has 1 amide bonds. The third-order valence-corrected chi connectivity index (χ3v) is 4.44. The molecule has 20 heavy (non-hydrogen) atoms. The molecule has 5 heteroatoms. The first-order valence-corrected chi connectivity index (χ1v) is 7.13. The van der Waals surface area contributed by atoms with E-state index in [1.165, 1.54) is 4.90 Å². The zero-order valence-corrected chi connectivity index (χ0v) is 12.2. The number of carbonyl (C=O) groups is 1. The van der Waals surface area contributed by atoms with E-state index in [1.807, 2.05) is 24.3 Å². The van der Waals surface area contributed by atoms with Gasteiger partial charge in [-0.2, -0.15) is 0 Å². The minimum absolute atomic E-state index is 0.132. The van der Waals surface area contributed by atoms with Crippen LogP contribution in [0, 0.1) is 0 Å². The molecule has 0 aromatic heterocycles. The van der Waals surface area contributed by atoms with Crippen LogP contribution in [-0.2, 0) is 0 Å². The summed E-state index contributed by atoms with van der Waals surface area (Å²) >= 11 is 0. The summed E-state index contributed by atoms with van der Waals surface area (Å²) in [7, 11) is 0. The maximum absolute atomic E-state index is 11.3. The lowest BCUT2D eigenvalue weighted by Gasteiger charge is -2.51. The molecule has 1 heterocycles. The first kappa shape index (κ1) is 14.5. The van der Waals surface area contributed by atoms with Crippen LogP contribution in [0.1, 0.15) is 26.7 Å². The molecule has 1 aromatic rings. The number of amides is 1. The number of piperazine rings is 1. The minimum Gasteiger partial charge on any atom is -0.465 e. The Kier molecular flexibility index (Phi) is 4.06. The van der Waals surface area contributed by atoms with E-state index in [-0.39, 0.29) is 5.54 Å². The summed E-state index contributed by atoms with van der Waals surface area (Å²) in [6.45, 7) is 6.07. The van der Waals surface area contributed by atoms with Gasteiger partial charge in [-0.3, -0.25) is 0 Å². The summed E-state index contributed by atoms with van der Waals surface area (Å²) in [5.41, 5.74) is 7.48. The highest BCUT2D eigenvalue weighted by molar-refractivity contribution is 5.66. The molecule has 1 aliphatic rings. The van der Waals surface area contributed by atoms with E-state index in [1.54, 1.807) is 0 Å². The lowest BCUT2D eigenvalue weighted by molar-refractivity contribution is 0.113. The van der Waals surface area contributed by atoms with Crippen molar-refractivity contribution in [3.05, 3.63) is 24.3 Å². The Bertz CT molecular complexity index is 469. The summed E-state index contributed by atoms with van der Waals surface area (Å²) in [5.74, 6) is 0. The molecule has 0 spiro atoms. The zero-order valence-electron chi connectivity index (χ0n) is 12.2. The van der Waals surface area contributed by atoms with Gasteiger partial charge < -0.3 is 20.6 Å². The molecule has 1 saturated heterocycles. The van der Waals surface area contributed by atoms with Crippen molar-refractivity contribution in [2.75, 3.05) is 30.3 Å². The Morgan fingerprint density at radius 3 is 2.35 bits per heavy atom. The Hall–Kier alpha value is -1.91. The third kappa shape index (κ3) is 2.53. The van der Waals surface area contributed by atoms with Gasteiger partial charge in [-0.1, -0.05) is 13.8 Å². The monoisotopic (exact) mass is 277 g/mol. The number of anilines is 2. The van der Waals surface area contributed by atoms with Gasteiger partial charge in [-0.05, 0) is 37.1 Å². The molecule has 1 aliphatic heterocycles. The normalized spacial score (nSPS) is 18.1. The number of nitrogens with two attached hydrogens (primary N) is 1. The largest absolute Gasteiger partial charge is 0.465 e. The molecule has 0 saturated carbocycles. The van der Waals surface area contributed by atoms with Crippen LogP contribution in [0.25, 0.3) is 0 Å². The molecule has 3 N–H and O–H groups in total. The van der Waals surface area contributed by atoms with E-state index < -0.39 is 6.09 Å². The highest BCUT2D eigenvalue weighted by Crippen LogP contribution is 2.33. The molecule has 0 unspecified atom stereocenters. The Balaban J connectivity index is 2.31. The van der Waals surface area contributed by atoms with Crippen LogP contribution < -0.4 is 10.6 Å². The highest BCUT2D eigenvalue weighted by atomic mass is 16.4. The Morgan fingerprint density at radius 1 is 1.25 bits per heavy atom. The fourth-order valence-electron chi connectivity index (χ4n) is 3.05. The lowest BCUT2D eigenvalue weighted by atomic mass is 9.87. The van der Waals surface area contributed by atoms with Crippen molar-refractivity contribution in [3.8, 4) is 0 Å². The molecule has 1 aromatic carbocycles. The van der Waals surface area contributed by atoms with Gasteiger partial charge in [-0.25, -0.2) is 4.79 Å². The van der Waals surface area contributed by atoms with E-state index in [9.17, 15) is 9.90 Å². The van der Waals surface area contributed by atoms with Crippen molar-refractivity contribution in [3.63, 3.8) is 0 Å². The number of nitrogens with zero attached hydrogens (tertiary/aromatic N) is 2. The summed E-state index contributed by atoms with van der Waals surface area (Å²) < 4.78 is 0. The van der Waals surface area contributed by atoms with Crippen LogP contribution in [0.3, 0.4) is 0 Å². The lowest BCUT2D eigenvalue weighted by Crippen LogP contribution is -2.63. The molecule has 2 rings (SSSR count). The predicted octanol–water partition coefficient (Wildman–Crippen LogP) is 2.63. The summed E-state index contributed by atoms with van der Waals surface area (Å²) in [5, 5.41) is 9.25. The van der Waals surface area contributed by atoms with Crippen LogP contribution >= 0.6 is 0 Å². The second kappa shape index (κ2) is 5.61. The van der Waals surface area contributed by atoms with E-state index in [4.69, 9.17) is 5.73 Å². The SMILES string of the molecule is CCC1(CC)CN(C(=O)O)CCN1c1ccc(N)cc1. The molecule has 0 radical (unpaired) electrons. The Labute approximate surface area is 120 Å². The van der Waals surface area contributed by atoms with Gasteiger partial charge in [0, 0.05) is 31.0 Å². The molecule has 1 fully saturated rings. The molecule has 5 nitrogen and oxygen atoms in total. The van der Waals surface area contributed by atoms with Crippen molar-refractivity contribution < 1.29 is 9.90 Å². The summed E-state index contributed by atoms with van der Waals surface area (Å²) in [6.07, 6.45) is 1.00. The van der Waals surface area contributed by atoms with Gasteiger partial charge in [0.15, 0.2) is 0 Å². The van der Waals surface area contributed by atoms with Gasteiger partial charge in [0.1, 0.15) is 0 Å². The van der Waals surface area contributed by atoms with E-state index in [0.29, 0.717) is 13.1 Å². The number of hydrogen-bond acceptors (Lipinski definition) is 3. The van der Waals surface area contributed by atoms with Gasteiger partial charge in [0.05, 0.1) is 5.54 Å². The number of carboxylic acid groups (broad SMARTS) is 1. The average molecular weight is 277 g/mol. The fraction of sp³-hybridized carbons (Fsp3) is 0.533. The Morgan fingerprint density at radius 2 is 1.85 bits per heavy atom. The van der Waals surface area contributed by atoms with Crippen molar-refractivity contribution in [1.29, 1.82) is 0 Å². The maximum Gasteiger partial charge on any atom is 0.407 e. The van der Waals surface area contributed by atoms with Gasteiger partial charge in [0.2, 0.25) is 0 Å². The molecular formula is C15H23N3O2. The molecule has 0 bridgehead atoms. The first-order chi connectivity index (χ1) is 9.52. The maximum atomic E-state index is 11.3. The molecule has 0 aliphatic carbocycles. The van der Waals surface area contributed by atoms with E-state index >= 15 is 0 Å². The van der Waals surface area contributed by atoms with Crippen molar-refractivity contribution in [1.82, 2.24) is 4.90 Å². The smallest absolute Gasteiger partial charge is 0.407 e. The highest BCUT2D eigenvalue weighted by Gasteiger charge is 2.40.